The molecule has 1 N–H and O–H groups in total. The van der Waals surface area contributed by atoms with Gasteiger partial charge in [0.15, 0.2) is 0 Å². The van der Waals surface area contributed by atoms with Crippen LogP contribution in [0, 0.1) is 0 Å². The monoisotopic (exact) mass is 211 g/mol. The van der Waals surface area contributed by atoms with Crippen molar-refractivity contribution >= 4 is 11.6 Å². The summed E-state index contributed by atoms with van der Waals surface area (Å²) in [6.45, 7) is 6.56. The molecule has 1 unspecified atom stereocenters. The van der Waals surface area contributed by atoms with E-state index in [0.717, 1.165) is 11.4 Å². The molecule has 0 heterocycles. The predicted molar refractivity (Wildman–Crippen MR) is 62.8 cm³/mol. The van der Waals surface area contributed by atoms with Crippen molar-refractivity contribution in [2.75, 3.05) is 0 Å². The molecule has 1 aromatic rings. The molecule has 2 heteroatoms. The minimum absolute atomic E-state index is 0.391. The molecular weight excluding hydrogens is 194 g/mol. The van der Waals surface area contributed by atoms with Gasteiger partial charge in [-0.2, -0.15) is 0 Å². The molecule has 0 saturated carbocycles. The Kier molecular flexibility index (Phi) is 4.43. The van der Waals surface area contributed by atoms with E-state index in [-0.39, 0.29) is 0 Å². The molecule has 2 atom stereocenters. The number of rotatable bonds is 4. The quantitative estimate of drug-likeness (QED) is 0.799. The van der Waals surface area contributed by atoms with Gasteiger partial charge >= 0.3 is 0 Å². The average Bonchev–Trinajstić information content (AvgIpc) is 2.18. The molecule has 0 amide bonds. The Balaban J connectivity index is 2.60. The summed E-state index contributed by atoms with van der Waals surface area (Å²) in [5.41, 5.74) is 1.29. The number of hydrogen-bond acceptors (Lipinski definition) is 1. The second kappa shape index (κ2) is 5.38. The number of halogens is 1. The largest absolute Gasteiger partial charge is 0.308 e. The van der Waals surface area contributed by atoms with Crippen molar-refractivity contribution in [3.05, 3.63) is 34.9 Å². The zero-order chi connectivity index (χ0) is 10.6. The first-order valence-electron chi connectivity index (χ1n) is 5.15. The lowest BCUT2D eigenvalue weighted by Gasteiger charge is -2.19. The molecule has 0 fully saturated rings. The Hall–Kier alpha value is -0.530. The Morgan fingerprint density at radius 3 is 2.29 bits per heavy atom. The highest BCUT2D eigenvalue weighted by atomic mass is 35.5. The molecule has 0 radical (unpaired) electrons. The molecule has 1 rings (SSSR count). The smallest absolute Gasteiger partial charge is 0.0406 e. The first kappa shape index (κ1) is 11.5. The van der Waals surface area contributed by atoms with E-state index in [1.165, 1.54) is 5.56 Å². The predicted octanol–water partition coefficient (Wildman–Crippen LogP) is 3.79. The van der Waals surface area contributed by atoms with Gasteiger partial charge in [-0.3, -0.25) is 0 Å². The van der Waals surface area contributed by atoms with Crippen LogP contribution in [0.25, 0.3) is 0 Å². The third-order valence-electron chi connectivity index (χ3n) is 2.52. The van der Waals surface area contributed by atoms with Crippen LogP contribution >= 0.6 is 11.6 Å². The summed E-state index contributed by atoms with van der Waals surface area (Å²) in [4.78, 5) is 0. The van der Waals surface area contributed by atoms with Crippen LogP contribution in [0.3, 0.4) is 0 Å². The normalized spacial score (nSPS) is 15.1. The summed E-state index contributed by atoms with van der Waals surface area (Å²) < 4.78 is 0. The van der Waals surface area contributed by atoms with Crippen LogP contribution in [0.15, 0.2) is 24.3 Å². The maximum Gasteiger partial charge on any atom is 0.0406 e. The van der Waals surface area contributed by atoms with Crippen molar-refractivity contribution in [3.8, 4) is 0 Å². The van der Waals surface area contributed by atoms with Gasteiger partial charge in [0.05, 0.1) is 0 Å². The summed E-state index contributed by atoms with van der Waals surface area (Å²) in [5, 5.41) is 4.32. The van der Waals surface area contributed by atoms with Gasteiger partial charge in [0.1, 0.15) is 0 Å². The highest BCUT2D eigenvalue weighted by Crippen LogP contribution is 2.16. The maximum absolute atomic E-state index is 5.83. The van der Waals surface area contributed by atoms with Crippen molar-refractivity contribution in [2.24, 2.45) is 0 Å². The van der Waals surface area contributed by atoms with Crippen molar-refractivity contribution in [1.82, 2.24) is 5.32 Å². The standard InChI is InChI=1S/C12H18ClN/c1-4-9(2)14-10(3)11-5-7-12(13)8-6-11/h5-10,14H,4H2,1-3H3/t9?,10-/m0/s1. The molecule has 1 nitrogen and oxygen atoms in total. The molecule has 0 spiro atoms. The van der Waals surface area contributed by atoms with E-state index in [2.05, 4.69) is 38.2 Å². The van der Waals surface area contributed by atoms with Crippen molar-refractivity contribution in [1.29, 1.82) is 0 Å². The van der Waals surface area contributed by atoms with Gasteiger partial charge in [0.2, 0.25) is 0 Å². The molecule has 0 saturated heterocycles. The third kappa shape index (κ3) is 3.32. The fourth-order valence-electron chi connectivity index (χ4n) is 1.39. The van der Waals surface area contributed by atoms with Gasteiger partial charge in [-0.05, 0) is 38.0 Å². The summed E-state index contributed by atoms with van der Waals surface area (Å²) in [6, 6.07) is 8.96. The molecule has 14 heavy (non-hydrogen) atoms. The molecular formula is C12H18ClN. The summed E-state index contributed by atoms with van der Waals surface area (Å²) in [6.07, 6.45) is 1.15. The van der Waals surface area contributed by atoms with E-state index in [1.54, 1.807) is 0 Å². The van der Waals surface area contributed by atoms with Crippen LogP contribution in [-0.4, -0.2) is 6.04 Å². The Bertz CT molecular complexity index is 268. The van der Waals surface area contributed by atoms with Gasteiger partial charge in [-0.25, -0.2) is 0 Å². The Morgan fingerprint density at radius 1 is 1.21 bits per heavy atom. The summed E-state index contributed by atoms with van der Waals surface area (Å²) >= 11 is 5.83. The molecule has 0 aliphatic carbocycles. The van der Waals surface area contributed by atoms with Gasteiger partial charge in [0, 0.05) is 17.1 Å². The molecule has 0 aliphatic rings. The number of benzene rings is 1. The second-order valence-electron chi connectivity index (χ2n) is 3.75. The Morgan fingerprint density at radius 2 is 1.79 bits per heavy atom. The zero-order valence-corrected chi connectivity index (χ0v) is 9.81. The maximum atomic E-state index is 5.83. The topological polar surface area (TPSA) is 12.0 Å². The lowest BCUT2D eigenvalue weighted by Crippen LogP contribution is -2.28. The lowest BCUT2D eigenvalue weighted by atomic mass is 10.1. The minimum Gasteiger partial charge on any atom is -0.308 e. The molecule has 0 aromatic heterocycles. The lowest BCUT2D eigenvalue weighted by molar-refractivity contribution is 0.469. The third-order valence-corrected chi connectivity index (χ3v) is 2.77. The highest BCUT2D eigenvalue weighted by molar-refractivity contribution is 6.30. The van der Waals surface area contributed by atoms with E-state index in [9.17, 15) is 0 Å². The molecule has 0 bridgehead atoms. The first-order valence-corrected chi connectivity index (χ1v) is 5.52. The van der Waals surface area contributed by atoms with Gasteiger partial charge in [-0.15, -0.1) is 0 Å². The summed E-state index contributed by atoms with van der Waals surface area (Å²) in [5.74, 6) is 0. The van der Waals surface area contributed by atoms with Crippen molar-refractivity contribution in [3.63, 3.8) is 0 Å². The molecule has 78 valence electrons. The number of hydrogen-bond donors (Lipinski definition) is 1. The fourth-order valence-corrected chi connectivity index (χ4v) is 1.52. The second-order valence-corrected chi connectivity index (χ2v) is 4.19. The van der Waals surface area contributed by atoms with Crippen LogP contribution < -0.4 is 5.32 Å². The van der Waals surface area contributed by atoms with E-state index >= 15 is 0 Å². The molecule has 1 aromatic carbocycles. The Labute approximate surface area is 91.5 Å². The van der Waals surface area contributed by atoms with Crippen LogP contribution in [0.2, 0.25) is 5.02 Å². The van der Waals surface area contributed by atoms with E-state index < -0.39 is 0 Å². The van der Waals surface area contributed by atoms with Crippen molar-refractivity contribution in [2.45, 2.75) is 39.3 Å². The van der Waals surface area contributed by atoms with Gasteiger partial charge in [0.25, 0.3) is 0 Å². The fraction of sp³-hybridized carbons (Fsp3) is 0.500. The average molecular weight is 212 g/mol. The SMILES string of the molecule is CCC(C)N[C@@H](C)c1ccc(Cl)cc1. The number of nitrogens with one attached hydrogen (secondary N) is 1. The van der Waals surface area contributed by atoms with Crippen LogP contribution in [0.5, 0.6) is 0 Å². The van der Waals surface area contributed by atoms with Crippen LogP contribution in [-0.2, 0) is 0 Å². The van der Waals surface area contributed by atoms with E-state index in [1.807, 2.05) is 12.1 Å². The zero-order valence-electron chi connectivity index (χ0n) is 9.05. The van der Waals surface area contributed by atoms with Crippen LogP contribution in [0.4, 0.5) is 0 Å². The molecule has 0 aliphatic heterocycles. The van der Waals surface area contributed by atoms with E-state index in [0.29, 0.717) is 12.1 Å². The minimum atomic E-state index is 0.391. The first-order chi connectivity index (χ1) is 6.63. The summed E-state index contributed by atoms with van der Waals surface area (Å²) in [7, 11) is 0. The van der Waals surface area contributed by atoms with Gasteiger partial charge in [-0.1, -0.05) is 30.7 Å². The highest BCUT2D eigenvalue weighted by Gasteiger charge is 2.07. The van der Waals surface area contributed by atoms with E-state index in [4.69, 9.17) is 11.6 Å². The van der Waals surface area contributed by atoms with Crippen molar-refractivity contribution < 1.29 is 0 Å². The van der Waals surface area contributed by atoms with Crippen LogP contribution in [0.1, 0.15) is 38.8 Å². The van der Waals surface area contributed by atoms with Gasteiger partial charge < -0.3 is 5.32 Å².